The highest BCUT2D eigenvalue weighted by molar-refractivity contribution is 5.94. The minimum Gasteiger partial charge on any atom is -0.508 e. The highest BCUT2D eigenvalue weighted by atomic mass is 16.4. The zero-order valence-corrected chi connectivity index (χ0v) is 24.4. The number of hydrogen-bond donors (Lipinski definition) is 7. The van der Waals surface area contributed by atoms with Gasteiger partial charge in [-0.1, -0.05) is 58.0 Å². The van der Waals surface area contributed by atoms with Crippen LogP contribution in [0.5, 0.6) is 5.75 Å². The molecule has 226 valence electrons. The van der Waals surface area contributed by atoms with E-state index in [0.717, 1.165) is 16.5 Å². The van der Waals surface area contributed by atoms with Gasteiger partial charge in [0.15, 0.2) is 0 Å². The summed E-state index contributed by atoms with van der Waals surface area (Å²) in [7, 11) is 0. The molecule has 3 amide bonds. The van der Waals surface area contributed by atoms with Crippen LogP contribution < -0.4 is 21.7 Å². The number of nitrogens with one attached hydrogen (secondary N) is 4. The Hall–Kier alpha value is -4.38. The lowest BCUT2D eigenvalue weighted by Crippen LogP contribution is -2.58. The minimum atomic E-state index is -1.25. The zero-order valence-electron chi connectivity index (χ0n) is 24.4. The molecule has 1 aromatic heterocycles. The van der Waals surface area contributed by atoms with Gasteiger partial charge in [0, 0.05) is 23.5 Å². The van der Waals surface area contributed by atoms with Gasteiger partial charge in [-0.05, 0) is 54.0 Å². The number of phenols is 1. The van der Waals surface area contributed by atoms with E-state index >= 15 is 0 Å². The number of aromatic amines is 1. The molecule has 11 nitrogen and oxygen atoms in total. The first kappa shape index (κ1) is 32.1. The molecule has 11 heteroatoms. The number of carboxylic acids is 1. The summed E-state index contributed by atoms with van der Waals surface area (Å²) in [5.41, 5.74) is 8.65. The van der Waals surface area contributed by atoms with Crippen LogP contribution in [0, 0.1) is 11.8 Å². The monoisotopic (exact) mass is 579 g/mol. The molecule has 0 bridgehead atoms. The van der Waals surface area contributed by atoms with Gasteiger partial charge in [-0.25, -0.2) is 4.79 Å². The Morgan fingerprint density at radius 2 is 1.48 bits per heavy atom. The summed E-state index contributed by atoms with van der Waals surface area (Å²) in [6, 6.07) is 9.53. The van der Waals surface area contributed by atoms with Gasteiger partial charge in [0.05, 0.1) is 6.04 Å². The van der Waals surface area contributed by atoms with Crippen molar-refractivity contribution in [2.45, 2.75) is 71.1 Å². The number of fused-ring (bicyclic) bond motifs is 1. The standard InChI is InChI=1S/C31H41N5O6/c1-17(2)13-25(29(39)35-26(31(41)42)14-19-9-11-21(37)12-10-19)34-30(40)27(18(3)4)36-28(38)23(32)15-20-16-33-24-8-6-5-7-22(20)24/h5-12,16-18,23,25-27,33,37H,13-15,32H2,1-4H3,(H,34,40)(H,35,39)(H,36,38)(H,41,42). The van der Waals surface area contributed by atoms with Gasteiger partial charge in [-0.15, -0.1) is 0 Å². The van der Waals surface area contributed by atoms with Crippen LogP contribution in [0.15, 0.2) is 54.7 Å². The normalized spacial score (nSPS) is 14.3. The number of aliphatic carboxylic acids is 1. The number of hydrogen-bond acceptors (Lipinski definition) is 6. The first-order valence-electron chi connectivity index (χ1n) is 14.1. The number of carbonyl (C=O) groups is 4. The summed E-state index contributed by atoms with van der Waals surface area (Å²) in [4.78, 5) is 54.8. The van der Waals surface area contributed by atoms with Gasteiger partial charge in [0.1, 0.15) is 23.9 Å². The molecule has 8 N–H and O–H groups in total. The highest BCUT2D eigenvalue weighted by Gasteiger charge is 2.32. The maximum Gasteiger partial charge on any atom is 0.326 e. The Labute approximate surface area is 245 Å². The molecule has 4 unspecified atom stereocenters. The van der Waals surface area contributed by atoms with Crippen LogP contribution in [0.4, 0.5) is 0 Å². The zero-order chi connectivity index (χ0) is 31.0. The van der Waals surface area contributed by atoms with Crippen LogP contribution in [0.3, 0.4) is 0 Å². The average molecular weight is 580 g/mol. The minimum absolute atomic E-state index is 0.00175. The van der Waals surface area contributed by atoms with Crippen LogP contribution in [0.2, 0.25) is 0 Å². The van der Waals surface area contributed by atoms with Crippen LogP contribution in [0.1, 0.15) is 45.2 Å². The molecule has 3 rings (SSSR count). The highest BCUT2D eigenvalue weighted by Crippen LogP contribution is 2.19. The van der Waals surface area contributed by atoms with Crippen molar-refractivity contribution in [2.24, 2.45) is 17.6 Å². The van der Waals surface area contributed by atoms with Crippen LogP contribution >= 0.6 is 0 Å². The molecule has 4 atom stereocenters. The SMILES string of the molecule is CC(C)CC(NC(=O)C(NC(=O)C(N)Cc1c[nH]c2ccccc12)C(C)C)C(=O)NC(Cc1ccc(O)cc1)C(=O)O. The third kappa shape index (κ3) is 8.81. The molecular formula is C31H41N5O6. The van der Waals surface area contributed by atoms with E-state index in [4.69, 9.17) is 5.73 Å². The Balaban J connectivity index is 1.68. The van der Waals surface area contributed by atoms with Gasteiger partial charge < -0.3 is 36.9 Å². The number of H-pyrrole nitrogens is 1. The molecule has 3 aromatic rings. The van der Waals surface area contributed by atoms with Crippen molar-refractivity contribution in [1.29, 1.82) is 0 Å². The van der Waals surface area contributed by atoms with Gasteiger partial charge in [-0.3, -0.25) is 14.4 Å². The fourth-order valence-corrected chi connectivity index (χ4v) is 4.73. The molecule has 0 aliphatic heterocycles. The lowest BCUT2D eigenvalue weighted by Gasteiger charge is -2.27. The Morgan fingerprint density at radius 3 is 2.10 bits per heavy atom. The van der Waals surface area contributed by atoms with Crippen molar-refractivity contribution < 1.29 is 29.4 Å². The molecule has 0 spiro atoms. The summed E-state index contributed by atoms with van der Waals surface area (Å²) in [5, 5.41) is 28.2. The van der Waals surface area contributed by atoms with Crippen LogP contribution in [0.25, 0.3) is 10.9 Å². The smallest absolute Gasteiger partial charge is 0.326 e. The number of carboxylic acid groups (broad SMARTS) is 1. The lowest BCUT2D eigenvalue weighted by molar-refractivity contribution is -0.142. The summed E-state index contributed by atoms with van der Waals surface area (Å²) in [6.45, 7) is 7.29. The molecular weight excluding hydrogens is 538 g/mol. The number of amides is 3. The molecule has 0 aliphatic carbocycles. The maximum atomic E-state index is 13.4. The van der Waals surface area contributed by atoms with E-state index < -0.39 is 47.9 Å². The van der Waals surface area contributed by atoms with Crippen molar-refractivity contribution in [3.8, 4) is 5.75 Å². The number of para-hydroxylation sites is 1. The molecule has 0 aliphatic rings. The first-order valence-corrected chi connectivity index (χ1v) is 14.1. The van der Waals surface area contributed by atoms with Crippen molar-refractivity contribution >= 4 is 34.6 Å². The van der Waals surface area contributed by atoms with Crippen molar-refractivity contribution in [3.63, 3.8) is 0 Å². The number of phenolic OH excluding ortho intramolecular Hbond substituents is 1. The second-order valence-corrected chi connectivity index (χ2v) is 11.4. The molecule has 1 heterocycles. The van der Waals surface area contributed by atoms with Crippen molar-refractivity contribution in [2.75, 3.05) is 0 Å². The number of aromatic hydroxyl groups is 1. The quantitative estimate of drug-likeness (QED) is 0.152. The fraction of sp³-hybridized carbons (Fsp3) is 0.419. The number of nitrogens with two attached hydrogens (primary N) is 1. The van der Waals surface area contributed by atoms with Gasteiger partial charge in [-0.2, -0.15) is 0 Å². The molecule has 0 radical (unpaired) electrons. The molecule has 42 heavy (non-hydrogen) atoms. The lowest BCUT2D eigenvalue weighted by atomic mass is 9.98. The van der Waals surface area contributed by atoms with E-state index in [1.165, 1.54) is 12.1 Å². The van der Waals surface area contributed by atoms with E-state index in [0.29, 0.717) is 5.56 Å². The molecule has 2 aromatic carbocycles. The molecule has 0 saturated heterocycles. The van der Waals surface area contributed by atoms with Gasteiger partial charge in [0.2, 0.25) is 17.7 Å². The summed E-state index contributed by atoms with van der Waals surface area (Å²) < 4.78 is 0. The molecule has 0 saturated carbocycles. The number of benzene rings is 2. The summed E-state index contributed by atoms with van der Waals surface area (Å²) in [5.74, 6) is -3.23. The van der Waals surface area contributed by atoms with E-state index in [2.05, 4.69) is 20.9 Å². The van der Waals surface area contributed by atoms with Crippen LogP contribution in [-0.4, -0.2) is 63.1 Å². The Kier molecular flexibility index (Phi) is 11.1. The summed E-state index contributed by atoms with van der Waals surface area (Å²) in [6.07, 6.45) is 2.31. The second-order valence-electron chi connectivity index (χ2n) is 11.4. The molecule has 0 fully saturated rings. The summed E-state index contributed by atoms with van der Waals surface area (Å²) >= 11 is 0. The van der Waals surface area contributed by atoms with Crippen molar-refractivity contribution in [3.05, 3.63) is 65.9 Å². The topological polar surface area (TPSA) is 187 Å². The maximum absolute atomic E-state index is 13.4. The van der Waals surface area contributed by atoms with Gasteiger partial charge in [0.25, 0.3) is 0 Å². The predicted octanol–water partition coefficient (Wildman–Crippen LogP) is 2.23. The number of rotatable bonds is 14. The largest absolute Gasteiger partial charge is 0.508 e. The van der Waals surface area contributed by atoms with Crippen LogP contribution in [-0.2, 0) is 32.0 Å². The van der Waals surface area contributed by atoms with E-state index in [1.54, 1.807) is 26.0 Å². The van der Waals surface area contributed by atoms with E-state index in [-0.39, 0.29) is 36.8 Å². The van der Waals surface area contributed by atoms with E-state index in [9.17, 15) is 29.4 Å². The third-order valence-corrected chi connectivity index (χ3v) is 7.03. The third-order valence-electron chi connectivity index (χ3n) is 7.03. The first-order chi connectivity index (χ1) is 19.8. The average Bonchev–Trinajstić information content (AvgIpc) is 3.33. The van der Waals surface area contributed by atoms with Gasteiger partial charge >= 0.3 is 5.97 Å². The Bertz CT molecular complexity index is 1380. The van der Waals surface area contributed by atoms with Crippen molar-refractivity contribution in [1.82, 2.24) is 20.9 Å². The van der Waals surface area contributed by atoms with E-state index in [1.807, 2.05) is 44.3 Å². The fourth-order valence-electron chi connectivity index (χ4n) is 4.73. The second kappa shape index (κ2) is 14.5. The number of carbonyl (C=O) groups excluding carboxylic acids is 3. The Morgan fingerprint density at radius 1 is 0.833 bits per heavy atom. The number of aromatic nitrogens is 1. The predicted molar refractivity (Wildman–Crippen MR) is 160 cm³/mol.